The maximum atomic E-state index is 12.0. The fourth-order valence-electron chi connectivity index (χ4n) is 2.50. The summed E-state index contributed by atoms with van der Waals surface area (Å²) in [7, 11) is 0. The van der Waals surface area contributed by atoms with Gasteiger partial charge in [-0.3, -0.25) is 0 Å². The highest BCUT2D eigenvalue weighted by Crippen LogP contribution is 2.27. The van der Waals surface area contributed by atoms with Crippen LogP contribution in [0.4, 0.5) is 18.0 Å². The van der Waals surface area contributed by atoms with Crippen LogP contribution < -0.4 is 10.6 Å². The van der Waals surface area contributed by atoms with Crippen molar-refractivity contribution in [2.75, 3.05) is 13.2 Å². The van der Waals surface area contributed by atoms with Gasteiger partial charge in [0.15, 0.2) is 0 Å². The third-order valence-corrected chi connectivity index (χ3v) is 3.42. The lowest BCUT2D eigenvalue weighted by Crippen LogP contribution is -2.48. The van der Waals surface area contributed by atoms with Crippen molar-refractivity contribution in [1.82, 2.24) is 10.6 Å². The first-order chi connectivity index (χ1) is 8.92. The number of hydrogen-bond acceptors (Lipinski definition) is 2. The summed E-state index contributed by atoms with van der Waals surface area (Å²) in [5.41, 5.74) is 0. The van der Waals surface area contributed by atoms with Crippen LogP contribution in [-0.2, 0) is 0 Å². The van der Waals surface area contributed by atoms with Crippen LogP contribution in [0.25, 0.3) is 0 Å². The lowest BCUT2D eigenvalue weighted by Gasteiger charge is -2.30. The van der Waals surface area contributed by atoms with E-state index in [4.69, 9.17) is 5.11 Å². The van der Waals surface area contributed by atoms with Gasteiger partial charge >= 0.3 is 12.2 Å². The van der Waals surface area contributed by atoms with Gasteiger partial charge in [0.25, 0.3) is 0 Å². The minimum absolute atomic E-state index is 0.0826. The number of rotatable bonds is 5. The maximum Gasteiger partial charge on any atom is 0.405 e. The summed E-state index contributed by atoms with van der Waals surface area (Å²) in [6.45, 7) is -1.42. The number of carbonyl (C=O) groups excluding carboxylic acids is 1. The van der Waals surface area contributed by atoms with Crippen molar-refractivity contribution in [2.45, 2.75) is 50.7 Å². The smallest absolute Gasteiger partial charge is 0.396 e. The molecule has 19 heavy (non-hydrogen) atoms. The van der Waals surface area contributed by atoms with Crippen molar-refractivity contribution in [3.05, 3.63) is 0 Å². The molecule has 0 aliphatic heterocycles. The number of aliphatic hydroxyl groups excluding tert-OH is 1. The van der Waals surface area contributed by atoms with E-state index in [1.807, 2.05) is 0 Å². The third-order valence-electron chi connectivity index (χ3n) is 3.42. The van der Waals surface area contributed by atoms with Crippen LogP contribution in [0.15, 0.2) is 0 Å². The first-order valence-corrected chi connectivity index (χ1v) is 6.64. The number of alkyl halides is 3. The molecule has 3 N–H and O–H groups in total. The monoisotopic (exact) mass is 282 g/mol. The zero-order valence-corrected chi connectivity index (χ0v) is 10.8. The number of urea groups is 1. The van der Waals surface area contributed by atoms with Gasteiger partial charge in [-0.1, -0.05) is 19.3 Å². The number of carbonyl (C=O) groups is 1. The number of hydrogen-bond donors (Lipinski definition) is 3. The van der Waals surface area contributed by atoms with Gasteiger partial charge in [-0.05, 0) is 25.2 Å². The Labute approximate surface area is 110 Å². The van der Waals surface area contributed by atoms with Crippen LogP contribution in [-0.4, -0.2) is 36.5 Å². The van der Waals surface area contributed by atoms with E-state index in [1.165, 1.54) is 0 Å². The molecule has 0 spiro atoms. The van der Waals surface area contributed by atoms with Crippen molar-refractivity contribution in [3.8, 4) is 0 Å². The highest BCUT2D eigenvalue weighted by atomic mass is 19.4. The van der Waals surface area contributed by atoms with Crippen molar-refractivity contribution in [1.29, 1.82) is 0 Å². The van der Waals surface area contributed by atoms with Crippen LogP contribution in [0.1, 0.15) is 38.5 Å². The minimum Gasteiger partial charge on any atom is -0.396 e. The van der Waals surface area contributed by atoms with E-state index in [-0.39, 0.29) is 18.6 Å². The molecule has 0 bridgehead atoms. The molecule has 0 saturated heterocycles. The second-order valence-electron chi connectivity index (χ2n) is 4.96. The first-order valence-electron chi connectivity index (χ1n) is 6.64. The average molecular weight is 282 g/mol. The fraction of sp³-hybridized carbons (Fsp3) is 0.917. The molecule has 7 heteroatoms. The molecule has 2 amide bonds. The Morgan fingerprint density at radius 2 is 1.89 bits per heavy atom. The van der Waals surface area contributed by atoms with E-state index in [2.05, 4.69) is 5.32 Å². The molecule has 1 rings (SSSR count). The molecule has 0 heterocycles. The number of halogens is 3. The van der Waals surface area contributed by atoms with Crippen LogP contribution in [0.3, 0.4) is 0 Å². The predicted octanol–water partition coefficient (Wildman–Crippen LogP) is 2.18. The predicted molar refractivity (Wildman–Crippen MR) is 64.7 cm³/mol. The quantitative estimate of drug-likeness (QED) is 0.724. The molecule has 1 aliphatic rings. The van der Waals surface area contributed by atoms with Gasteiger partial charge in [0.2, 0.25) is 0 Å². The van der Waals surface area contributed by atoms with Crippen molar-refractivity contribution in [2.24, 2.45) is 5.92 Å². The van der Waals surface area contributed by atoms with E-state index in [1.54, 1.807) is 5.32 Å². The van der Waals surface area contributed by atoms with Gasteiger partial charge in [-0.25, -0.2) is 4.79 Å². The maximum absolute atomic E-state index is 12.0. The molecule has 0 radical (unpaired) electrons. The summed E-state index contributed by atoms with van der Waals surface area (Å²) in [6.07, 6.45) is 1.16. The summed E-state index contributed by atoms with van der Waals surface area (Å²) in [5, 5.41) is 13.3. The summed E-state index contributed by atoms with van der Waals surface area (Å²) in [4.78, 5) is 11.4. The first kappa shape index (κ1) is 16.1. The Balaban J connectivity index is 2.41. The molecule has 1 atom stereocenters. The Morgan fingerprint density at radius 1 is 1.26 bits per heavy atom. The van der Waals surface area contributed by atoms with Crippen LogP contribution in [0, 0.1) is 5.92 Å². The molecule has 0 aromatic heterocycles. The highest BCUT2D eigenvalue weighted by Gasteiger charge is 2.29. The fourth-order valence-corrected chi connectivity index (χ4v) is 2.50. The van der Waals surface area contributed by atoms with Gasteiger partial charge < -0.3 is 15.7 Å². The van der Waals surface area contributed by atoms with Gasteiger partial charge in [-0.15, -0.1) is 0 Å². The summed E-state index contributed by atoms with van der Waals surface area (Å²) in [6, 6.07) is -1.07. The number of amides is 2. The van der Waals surface area contributed by atoms with Gasteiger partial charge in [0.1, 0.15) is 6.54 Å². The van der Waals surface area contributed by atoms with E-state index in [0.29, 0.717) is 6.42 Å². The molecule has 1 saturated carbocycles. The van der Waals surface area contributed by atoms with Crippen LogP contribution in [0.2, 0.25) is 0 Å². The molecule has 4 nitrogen and oxygen atoms in total. The molecule has 112 valence electrons. The van der Waals surface area contributed by atoms with E-state index in [9.17, 15) is 18.0 Å². The van der Waals surface area contributed by atoms with Crippen molar-refractivity contribution >= 4 is 6.03 Å². The lowest BCUT2D eigenvalue weighted by atomic mass is 9.83. The average Bonchev–Trinajstić information content (AvgIpc) is 2.36. The molecular weight excluding hydrogens is 261 g/mol. The Morgan fingerprint density at radius 3 is 2.42 bits per heavy atom. The Kier molecular flexibility index (Phi) is 6.41. The second kappa shape index (κ2) is 7.57. The summed E-state index contributed by atoms with van der Waals surface area (Å²) in [5.74, 6) is 0.248. The number of nitrogens with one attached hydrogen (secondary N) is 2. The summed E-state index contributed by atoms with van der Waals surface area (Å²) >= 11 is 0. The van der Waals surface area contributed by atoms with Crippen molar-refractivity contribution in [3.63, 3.8) is 0 Å². The normalized spacial score (nSPS) is 18.9. The standard InChI is InChI=1S/C12H21F3N2O2/c13-12(14,15)8-16-11(19)17-10(6-7-18)9-4-2-1-3-5-9/h9-10,18H,1-8H2,(H2,16,17,19). The molecule has 1 fully saturated rings. The minimum atomic E-state index is -4.41. The number of aliphatic hydroxyl groups is 1. The van der Waals surface area contributed by atoms with Crippen LogP contribution >= 0.6 is 0 Å². The molecule has 1 aliphatic carbocycles. The van der Waals surface area contributed by atoms with E-state index < -0.39 is 18.8 Å². The molecular formula is C12H21F3N2O2. The molecule has 1 unspecified atom stereocenters. The van der Waals surface area contributed by atoms with Crippen LogP contribution in [0.5, 0.6) is 0 Å². The third kappa shape index (κ3) is 6.66. The summed E-state index contributed by atoms with van der Waals surface area (Å²) < 4.78 is 35.9. The zero-order chi connectivity index (χ0) is 14.3. The highest BCUT2D eigenvalue weighted by molar-refractivity contribution is 5.74. The zero-order valence-electron chi connectivity index (χ0n) is 10.8. The largest absolute Gasteiger partial charge is 0.405 e. The van der Waals surface area contributed by atoms with Gasteiger partial charge in [-0.2, -0.15) is 13.2 Å². The molecule has 0 aromatic rings. The second-order valence-corrected chi connectivity index (χ2v) is 4.96. The lowest BCUT2D eigenvalue weighted by molar-refractivity contribution is -0.122. The topological polar surface area (TPSA) is 61.4 Å². The Hall–Kier alpha value is -0.980. The van der Waals surface area contributed by atoms with Gasteiger partial charge in [0, 0.05) is 12.6 Å². The van der Waals surface area contributed by atoms with Gasteiger partial charge in [0.05, 0.1) is 0 Å². The van der Waals surface area contributed by atoms with E-state index >= 15 is 0 Å². The SMILES string of the molecule is O=C(NCC(F)(F)F)NC(CCO)C1CCCCC1. The Bertz CT molecular complexity index is 279. The molecule has 0 aromatic carbocycles. The van der Waals surface area contributed by atoms with Crippen molar-refractivity contribution < 1.29 is 23.1 Å². The van der Waals surface area contributed by atoms with E-state index in [0.717, 1.165) is 32.1 Å².